The summed E-state index contributed by atoms with van der Waals surface area (Å²) in [5, 5.41) is 2.21. The minimum Gasteiger partial charge on any atom is -0.481 e. The number of benzene rings is 2. The van der Waals surface area contributed by atoms with E-state index in [1.807, 2.05) is 0 Å². The van der Waals surface area contributed by atoms with Crippen LogP contribution >= 0.6 is 0 Å². The maximum absolute atomic E-state index is 13.4. The topological polar surface area (TPSA) is 38.3 Å². The number of hydrogen-bond donors (Lipinski definition) is 1. The zero-order chi connectivity index (χ0) is 16.3. The fourth-order valence-electron chi connectivity index (χ4n) is 1.63. The maximum Gasteiger partial charge on any atom is 0.265 e. The lowest BCUT2D eigenvalue weighted by Gasteiger charge is -2.15. The Morgan fingerprint density at radius 1 is 1.00 bits per heavy atom. The fourth-order valence-corrected chi connectivity index (χ4v) is 1.63. The Kier molecular flexibility index (Phi) is 4.65. The highest BCUT2D eigenvalue weighted by atomic mass is 19.2. The summed E-state index contributed by atoms with van der Waals surface area (Å²) >= 11 is 0. The fraction of sp³-hybridized carbons (Fsp3) is 0.133. The van der Waals surface area contributed by atoms with E-state index in [-0.39, 0.29) is 11.4 Å². The first-order valence-electron chi connectivity index (χ1n) is 6.24. The summed E-state index contributed by atoms with van der Waals surface area (Å²) in [5.41, 5.74) is -0.216. The first-order valence-corrected chi connectivity index (χ1v) is 6.24. The Labute approximate surface area is 123 Å². The Morgan fingerprint density at radius 3 is 2.36 bits per heavy atom. The standard InChI is InChI=1S/C15H11F4NO2/c1-8(22-10-3-4-11(17)12(18)7-10)15(21)20-14-5-2-9(16)6-13(14)19/h2-8H,1H3,(H,20,21)/t8-/m0/s1. The summed E-state index contributed by atoms with van der Waals surface area (Å²) in [4.78, 5) is 11.8. The zero-order valence-corrected chi connectivity index (χ0v) is 11.4. The van der Waals surface area contributed by atoms with Crippen LogP contribution in [-0.4, -0.2) is 12.0 Å². The normalized spacial score (nSPS) is 11.9. The van der Waals surface area contributed by atoms with Crippen molar-refractivity contribution < 1.29 is 27.1 Å². The molecule has 0 aliphatic heterocycles. The molecule has 1 amide bonds. The van der Waals surface area contributed by atoms with Crippen LogP contribution in [0.25, 0.3) is 0 Å². The van der Waals surface area contributed by atoms with Gasteiger partial charge in [-0.2, -0.15) is 0 Å². The first kappa shape index (κ1) is 15.8. The van der Waals surface area contributed by atoms with Crippen molar-refractivity contribution in [2.24, 2.45) is 0 Å². The van der Waals surface area contributed by atoms with Gasteiger partial charge in [-0.15, -0.1) is 0 Å². The molecule has 7 heteroatoms. The number of nitrogens with one attached hydrogen (secondary N) is 1. The lowest BCUT2D eigenvalue weighted by Crippen LogP contribution is -2.30. The van der Waals surface area contributed by atoms with Crippen LogP contribution in [0.5, 0.6) is 5.75 Å². The predicted octanol–water partition coefficient (Wildman–Crippen LogP) is 3.65. The Bertz CT molecular complexity index is 706. The van der Waals surface area contributed by atoms with Crippen LogP contribution in [0.4, 0.5) is 23.2 Å². The van der Waals surface area contributed by atoms with E-state index in [1.165, 1.54) is 6.92 Å². The first-order chi connectivity index (χ1) is 10.4. The van der Waals surface area contributed by atoms with E-state index in [1.54, 1.807) is 0 Å². The Morgan fingerprint density at radius 2 is 1.73 bits per heavy atom. The molecule has 2 rings (SSSR count). The molecule has 0 bridgehead atoms. The van der Waals surface area contributed by atoms with Crippen molar-refractivity contribution in [2.45, 2.75) is 13.0 Å². The van der Waals surface area contributed by atoms with Gasteiger partial charge in [0, 0.05) is 12.1 Å². The smallest absolute Gasteiger partial charge is 0.265 e. The van der Waals surface area contributed by atoms with Crippen LogP contribution in [-0.2, 0) is 4.79 Å². The highest BCUT2D eigenvalue weighted by Gasteiger charge is 2.17. The third kappa shape index (κ3) is 3.75. The second kappa shape index (κ2) is 6.46. The number of carbonyl (C=O) groups excluding carboxylic acids is 1. The third-order valence-electron chi connectivity index (χ3n) is 2.76. The van der Waals surface area contributed by atoms with Crippen LogP contribution in [0, 0.1) is 23.3 Å². The minimum atomic E-state index is -1.12. The molecule has 116 valence electrons. The monoisotopic (exact) mass is 313 g/mol. The van der Waals surface area contributed by atoms with E-state index in [9.17, 15) is 22.4 Å². The summed E-state index contributed by atoms with van der Waals surface area (Å²) in [6.07, 6.45) is -1.10. The van der Waals surface area contributed by atoms with E-state index in [2.05, 4.69) is 5.32 Å². The molecule has 0 fully saturated rings. The lowest BCUT2D eigenvalue weighted by molar-refractivity contribution is -0.122. The molecular weight excluding hydrogens is 302 g/mol. The van der Waals surface area contributed by atoms with Gasteiger partial charge in [0.1, 0.15) is 17.4 Å². The van der Waals surface area contributed by atoms with E-state index in [0.717, 1.165) is 30.3 Å². The predicted molar refractivity (Wildman–Crippen MR) is 71.4 cm³/mol. The number of carbonyl (C=O) groups is 1. The molecule has 0 aromatic heterocycles. The Balaban J connectivity index is 2.04. The van der Waals surface area contributed by atoms with Crippen molar-refractivity contribution >= 4 is 11.6 Å². The summed E-state index contributed by atoms with van der Waals surface area (Å²) in [6, 6.07) is 5.47. The van der Waals surface area contributed by atoms with E-state index in [0.29, 0.717) is 6.07 Å². The molecule has 0 heterocycles. The second-order valence-corrected chi connectivity index (χ2v) is 4.45. The number of halogens is 4. The second-order valence-electron chi connectivity index (χ2n) is 4.45. The van der Waals surface area contributed by atoms with Crippen LogP contribution < -0.4 is 10.1 Å². The summed E-state index contributed by atoms with van der Waals surface area (Å²) < 4.78 is 57.1. The average molecular weight is 313 g/mol. The minimum absolute atomic E-state index is 0.0545. The highest BCUT2D eigenvalue weighted by Crippen LogP contribution is 2.18. The molecular formula is C15H11F4NO2. The molecule has 22 heavy (non-hydrogen) atoms. The molecule has 0 aliphatic rings. The molecule has 3 nitrogen and oxygen atoms in total. The molecule has 0 radical (unpaired) electrons. The average Bonchev–Trinajstić information content (AvgIpc) is 2.45. The maximum atomic E-state index is 13.4. The van der Waals surface area contributed by atoms with Crippen molar-refractivity contribution in [3.05, 3.63) is 59.7 Å². The van der Waals surface area contributed by atoms with Crippen molar-refractivity contribution in [2.75, 3.05) is 5.32 Å². The van der Waals surface area contributed by atoms with E-state index in [4.69, 9.17) is 4.74 Å². The lowest BCUT2D eigenvalue weighted by atomic mass is 10.2. The van der Waals surface area contributed by atoms with E-state index < -0.39 is 35.3 Å². The molecule has 2 aromatic carbocycles. The number of hydrogen-bond acceptors (Lipinski definition) is 2. The third-order valence-corrected chi connectivity index (χ3v) is 2.76. The molecule has 0 unspecified atom stereocenters. The zero-order valence-electron chi connectivity index (χ0n) is 11.4. The van der Waals surface area contributed by atoms with Crippen molar-refractivity contribution in [1.29, 1.82) is 0 Å². The van der Waals surface area contributed by atoms with Crippen LogP contribution in [0.15, 0.2) is 36.4 Å². The van der Waals surface area contributed by atoms with Crippen LogP contribution in [0.1, 0.15) is 6.92 Å². The molecule has 0 aliphatic carbocycles. The quantitative estimate of drug-likeness (QED) is 0.875. The van der Waals surface area contributed by atoms with Gasteiger partial charge in [-0.1, -0.05) is 0 Å². The van der Waals surface area contributed by atoms with Gasteiger partial charge in [-0.25, -0.2) is 17.6 Å². The molecule has 0 saturated heterocycles. The van der Waals surface area contributed by atoms with Crippen molar-refractivity contribution in [3.63, 3.8) is 0 Å². The molecule has 1 N–H and O–H groups in total. The van der Waals surface area contributed by atoms with Gasteiger partial charge in [-0.05, 0) is 31.2 Å². The Hall–Kier alpha value is -2.57. The van der Waals surface area contributed by atoms with Gasteiger partial charge >= 0.3 is 0 Å². The van der Waals surface area contributed by atoms with Gasteiger partial charge < -0.3 is 10.1 Å². The van der Waals surface area contributed by atoms with E-state index >= 15 is 0 Å². The molecule has 0 saturated carbocycles. The van der Waals surface area contributed by atoms with Crippen molar-refractivity contribution in [1.82, 2.24) is 0 Å². The van der Waals surface area contributed by atoms with Gasteiger partial charge in [0.05, 0.1) is 5.69 Å². The molecule has 2 aromatic rings. The van der Waals surface area contributed by atoms with Crippen LogP contribution in [0.3, 0.4) is 0 Å². The summed E-state index contributed by atoms with van der Waals surface area (Å²) in [7, 11) is 0. The number of ether oxygens (including phenoxy) is 1. The summed E-state index contributed by atoms with van der Waals surface area (Å²) in [6.45, 7) is 1.35. The van der Waals surface area contributed by atoms with Crippen LogP contribution in [0.2, 0.25) is 0 Å². The molecule has 1 atom stereocenters. The highest BCUT2D eigenvalue weighted by molar-refractivity contribution is 5.94. The van der Waals surface area contributed by atoms with Gasteiger partial charge in [0.25, 0.3) is 5.91 Å². The molecule has 0 spiro atoms. The van der Waals surface area contributed by atoms with Gasteiger partial charge in [0.2, 0.25) is 0 Å². The largest absolute Gasteiger partial charge is 0.481 e. The van der Waals surface area contributed by atoms with Crippen molar-refractivity contribution in [3.8, 4) is 5.75 Å². The number of rotatable bonds is 4. The SMILES string of the molecule is C[C@H](Oc1ccc(F)c(F)c1)C(=O)Nc1ccc(F)cc1F. The van der Waals surface area contributed by atoms with Gasteiger partial charge in [0.15, 0.2) is 17.7 Å². The number of anilines is 1. The van der Waals surface area contributed by atoms with Gasteiger partial charge in [-0.3, -0.25) is 4.79 Å². The number of amides is 1. The summed E-state index contributed by atoms with van der Waals surface area (Å²) in [5.74, 6) is -4.65.